The predicted octanol–water partition coefficient (Wildman–Crippen LogP) is 2.07. The van der Waals surface area contributed by atoms with Gasteiger partial charge in [0.05, 0.1) is 6.33 Å². The van der Waals surface area contributed by atoms with E-state index in [1.807, 2.05) is 12.5 Å². The Kier molecular flexibility index (Phi) is 2.83. The standard InChI is InChI=1S/C12H21N3/c1-11-8-13-10-15(11)9-12(14(2)3)6-4-5-7-12/h8,10H,4-7,9H2,1-3H3. The van der Waals surface area contributed by atoms with E-state index in [0.29, 0.717) is 5.54 Å². The van der Waals surface area contributed by atoms with Crippen molar-refractivity contribution in [1.82, 2.24) is 14.5 Å². The van der Waals surface area contributed by atoms with Gasteiger partial charge in [0.15, 0.2) is 0 Å². The topological polar surface area (TPSA) is 21.1 Å². The summed E-state index contributed by atoms with van der Waals surface area (Å²) in [5.41, 5.74) is 1.63. The molecule has 0 aromatic carbocycles. The lowest BCUT2D eigenvalue weighted by atomic mass is 9.96. The molecule has 84 valence electrons. The van der Waals surface area contributed by atoms with Crippen LogP contribution in [-0.2, 0) is 6.54 Å². The first-order valence-electron chi connectivity index (χ1n) is 5.78. The van der Waals surface area contributed by atoms with Crippen molar-refractivity contribution in [2.75, 3.05) is 14.1 Å². The molecule has 0 saturated heterocycles. The Morgan fingerprint density at radius 3 is 2.53 bits per heavy atom. The van der Waals surface area contributed by atoms with Crippen LogP contribution in [0.4, 0.5) is 0 Å². The Hall–Kier alpha value is -0.830. The maximum atomic E-state index is 4.20. The van der Waals surface area contributed by atoms with E-state index in [-0.39, 0.29) is 0 Å². The van der Waals surface area contributed by atoms with Crippen LogP contribution in [0, 0.1) is 6.92 Å². The van der Waals surface area contributed by atoms with Crippen LogP contribution in [-0.4, -0.2) is 34.1 Å². The second-order valence-electron chi connectivity index (χ2n) is 4.99. The second-order valence-corrected chi connectivity index (χ2v) is 4.99. The number of aryl methyl sites for hydroxylation is 1. The highest BCUT2D eigenvalue weighted by Gasteiger charge is 2.36. The van der Waals surface area contributed by atoms with E-state index in [4.69, 9.17) is 0 Å². The Morgan fingerprint density at radius 1 is 1.40 bits per heavy atom. The number of aromatic nitrogens is 2. The van der Waals surface area contributed by atoms with E-state index in [2.05, 4.69) is 35.5 Å². The van der Waals surface area contributed by atoms with Crippen molar-refractivity contribution in [2.24, 2.45) is 0 Å². The van der Waals surface area contributed by atoms with Gasteiger partial charge in [-0.15, -0.1) is 0 Å². The molecule has 1 heterocycles. The molecule has 1 aliphatic carbocycles. The molecule has 1 fully saturated rings. The molecule has 1 saturated carbocycles. The summed E-state index contributed by atoms with van der Waals surface area (Å²) < 4.78 is 2.28. The fourth-order valence-corrected chi connectivity index (χ4v) is 2.65. The molecular weight excluding hydrogens is 186 g/mol. The molecule has 0 amide bonds. The van der Waals surface area contributed by atoms with Crippen LogP contribution in [0.15, 0.2) is 12.5 Å². The lowest BCUT2D eigenvalue weighted by Gasteiger charge is -2.37. The smallest absolute Gasteiger partial charge is 0.0948 e. The summed E-state index contributed by atoms with van der Waals surface area (Å²) in [6.45, 7) is 3.22. The molecule has 0 radical (unpaired) electrons. The third-order valence-corrected chi connectivity index (χ3v) is 3.87. The molecule has 0 bridgehead atoms. The van der Waals surface area contributed by atoms with Crippen molar-refractivity contribution in [3.63, 3.8) is 0 Å². The van der Waals surface area contributed by atoms with E-state index in [1.54, 1.807) is 0 Å². The third kappa shape index (κ3) is 1.93. The van der Waals surface area contributed by atoms with Gasteiger partial charge in [0.2, 0.25) is 0 Å². The van der Waals surface area contributed by atoms with Crippen molar-refractivity contribution in [3.8, 4) is 0 Å². The average molecular weight is 207 g/mol. The van der Waals surface area contributed by atoms with Gasteiger partial charge in [-0.05, 0) is 33.9 Å². The van der Waals surface area contributed by atoms with Gasteiger partial charge in [-0.1, -0.05) is 12.8 Å². The van der Waals surface area contributed by atoms with Gasteiger partial charge in [-0.25, -0.2) is 4.98 Å². The SMILES string of the molecule is Cc1cncn1CC1(N(C)C)CCCC1. The Morgan fingerprint density at radius 2 is 2.07 bits per heavy atom. The Balaban J connectivity index is 2.17. The van der Waals surface area contributed by atoms with Crippen LogP contribution >= 0.6 is 0 Å². The molecule has 0 N–H and O–H groups in total. The minimum Gasteiger partial charge on any atom is -0.333 e. The van der Waals surface area contributed by atoms with Crippen LogP contribution < -0.4 is 0 Å². The van der Waals surface area contributed by atoms with Crippen LogP contribution in [0.5, 0.6) is 0 Å². The van der Waals surface area contributed by atoms with Gasteiger partial charge in [-0.2, -0.15) is 0 Å². The van der Waals surface area contributed by atoms with Crippen LogP contribution in [0.2, 0.25) is 0 Å². The summed E-state index contributed by atoms with van der Waals surface area (Å²) >= 11 is 0. The maximum absolute atomic E-state index is 4.20. The molecule has 3 heteroatoms. The first-order valence-corrected chi connectivity index (χ1v) is 5.78. The third-order valence-electron chi connectivity index (χ3n) is 3.87. The van der Waals surface area contributed by atoms with E-state index < -0.39 is 0 Å². The number of hydrogen-bond acceptors (Lipinski definition) is 2. The normalized spacial score (nSPS) is 20.0. The van der Waals surface area contributed by atoms with Crippen LogP contribution in [0.25, 0.3) is 0 Å². The van der Waals surface area contributed by atoms with Gasteiger partial charge in [-0.3, -0.25) is 0 Å². The molecule has 1 aromatic rings. The second kappa shape index (κ2) is 3.97. The van der Waals surface area contributed by atoms with Gasteiger partial charge in [0, 0.05) is 24.0 Å². The molecule has 0 aliphatic heterocycles. The van der Waals surface area contributed by atoms with Crippen molar-refractivity contribution in [2.45, 2.75) is 44.7 Å². The highest BCUT2D eigenvalue weighted by molar-refractivity contribution is 5.00. The molecule has 0 spiro atoms. The molecule has 1 aliphatic rings. The highest BCUT2D eigenvalue weighted by Crippen LogP contribution is 2.35. The van der Waals surface area contributed by atoms with E-state index in [9.17, 15) is 0 Å². The zero-order chi connectivity index (χ0) is 10.9. The first kappa shape index (κ1) is 10.7. The summed E-state index contributed by atoms with van der Waals surface area (Å²) in [5, 5.41) is 0. The number of hydrogen-bond donors (Lipinski definition) is 0. The van der Waals surface area contributed by atoms with E-state index >= 15 is 0 Å². The summed E-state index contributed by atoms with van der Waals surface area (Å²) in [6, 6.07) is 0. The van der Waals surface area contributed by atoms with Crippen LogP contribution in [0.3, 0.4) is 0 Å². The maximum Gasteiger partial charge on any atom is 0.0948 e. The molecule has 2 rings (SSSR count). The number of rotatable bonds is 3. The van der Waals surface area contributed by atoms with Gasteiger partial charge in [0.25, 0.3) is 0 Å². The molecule has 1 aromatic heterocycles. The van der Waals surface area contributed by atoms with Crippen molar-refractivity contribution in [1.29, 1.82) is 0 Å². The largest absolute Gasteiger partial charge is 0.333 e. The Bertz CT molecular complexity index is 321. The quantitative estimate of drug-likeness (QED) is 0.756. The highest BCUT2D eigenvalue weighted by atomic mass is 15.2. The Labute approximate surface area is 92.1 Å². The molecule has 3 nitrogen and oxygen atoms in total. The number of imidazole rings is 1. The lowest BCUT2D eigenvalue weighted by molar-refractivity contribution is 0.133. The molecule has 15 heavy (non-hydrogen) atoms. The fraction of sp³-hybridized carbons (Fsp3) is 0.750. The monoisotopic (exact) mass is 207 g/mol. The predicted molar refractivity (Wildman–Crippen MR) is 61.9 cm³/mol. The van der Waals surface area contributed by atoms with Crippen molar-refractivity contribution >= 4 is 0 Å². The number of nitrogens with zero attached hydrogens (tertiary/aromatic N) is 3. The van der Waals surface area contributed by atoms with Crippen molar-refractivity contribution < 1.29 is 0 Å². The minimum absolute atomic E-state index is 0.367. The minimum atomic E-state index is 0.367. The van der Waals surface area contributed by atoms with E-state index in [0.717, 1.165) is 6.54 Å². The summed E-state index contributed by atoms with van der Waals surface area (Å²) in [7, 11) is 4.41. The molecular formula is C12H21N3. The van der Waals surface area contributed by atoms with Gasteiger partial charge >= 0.3 is 0 Å². The average Bonchev–Trinajstić information content (AvgIpc) is 2.78. The first-order chi connectivity index (χ1) is 7.14. The van der Waals surface area contributed by atoms with Crippen LogP contribution in [0.1, 0.15) is 31.4 Å². The number of likely N-dealkylation sites (N-methyl/N-ethyl adjacent to an activating group) is 1. The zero-order valence-corrected chi connectivity index (χ0v) is 10.0. The zero-order valence-electron chi connectivity index (χ0n) is 10.0. The van der Waals surface area contributed by atoms with Crippen molar-refractivity contribution in [3.05, 3.63) is 18.2 Å². The summed E-state index contributed by atoms with van der Waals surface area (Å²) in [6.07, 6.45) is 9.27. The van der Waals surface area contributed by atoms with E-state index in [1.165, 1.54) is 31.4 Å². The molecule has 0 atom stereocenters. The fourth-order valence-electron chi connectivity index (χ4n) is 2.65. The summed E-state index contributed by atoms with van der Waals surface area (Å²) in [5.74, 6) is 0. The van der Waals surface area contributed by atoms with Gasteiger partial charge < -0.3 is 9.47 Å². The lowest BCUT2D eigenvalue weighted by Crippen LogP contribution is -2.45. The van der Waals surface area contributed by atoms with Gasteiger partial charge in [0.1, 0.15) is 0 Å². The summed E-state index contributed by atoms with van der Waals surface area (Å²) in [4.78, 5) is 6.60. The molecule has 0 unspecified atom stereocenters.